The molecule has 1 N–H and O–H groups in total. The molecule has 0 radical (unpaired) electrons. The fraction of sp³-hybridized carbons (Fsp3) is 0.827. The van der Waals surface area contributed by atoms with Crippen LogP contribution in [0.4, 0.5) is 0 Å². The monoisotopic (exact) mass is 847 g/mol. The van der Waals surface area contributed by atoms with Crippen LogP contribution in [0.15, 0.2) is 36.5 Å². The van der Waals surface area contributed by atoms with Crippen molar-refractivity contribution in [2.24, 2.45) is 0 Å². The minimum atomic E-state index is -0.874. The summed E-state index contributed by atoms with van der Waals surface area (Å²) in [5.74, 6) is -1.46. The molecule has 60 heavy (non-hydrogen) atoms. The molecule has 0 saturated carbocycles. The van der Waals surface area contributed by atoms with Gasteiger partial charge in [-0.15, -0.1) is 0 Å². The number of carbonyl (C=O) groups is 3. The number of quaternary nitrogens is 1. The van der Waals surface area contributed by atoms with Crippen molar-refractivity contribution >= 4 is 17.9 Å². The maximum absolute atomic E-state index is 12.8. The number of carboxylic acids is 1. The van der Waals surface area contributed by atoms with Crippen LogP contribution in [0.1, 0.15) is 226 Å². The summed E-state index contributed by atoms with van der Waals surface area (Å²) in [5, 5.41) is 9.64. The van der Waals surface area contributed by atoms with Crippen molar-refractivity contribution in [2.45, 2.75) is 238 Å². The molecule has 8 heteroatoms. The lowest BCUT2D eigenvalue weighted by molar-refractivity contribution is -0.887. The first kappa shape index (κ1) is 57.5. The van der Waals surface area contributed by atoms with Crippen LogP contribution < -0.4 is 0 Å². The highest BCUT2D eigenvalue weighted by Gasteiger charge is 2.31. The summed E-state index contributed by atoms with van der Waals surface area (Å²) in [6, 6.07) is -0.614. The SMILES string of the molecule is CCCCC/C=C/C/C=C/C/C=C/CCCCCCCCCCCC(=O)OC(COCCC(C(=O)O)[N+](C)(C)C)COC(=O)CCCCCCCCCCCCCCCC. The van der Waals surface area contributed by atoms with Crippen LogP contribution >= 0.6 is 0 Å². The first-order valence-corrected chi connectivity index (χ1v) is 25.0. The molecule has 0 rings (SSSR count). The molecule has 0 saturated heterocycles. The highest BCUT2D eigenvalue weighted by atomic mass is 16.6. The molecule has 0 spiro atoms. The van der Waals surface area contributed by atoms with Gasteiger partial charge in [0.1, 0.15) is 6.61 Å². The van der Waals surface area contributed by atoms with Gasteiger partial charge in [0.2, 0.25) is 0 Å². The molecule has 0 aliphatic carbocycles. The summed E-state index contributed by atoms with van der Waals surface area (Å²) in [7, 11) is 5.54. The smallest absolute Gasteiger partial charge is 0.362 e. The van der Waals surface area contributed by atoms with E-state index < -0.39 is 18.1 Å². The molecule has 0 fully saturated rings. The van der Waals surface area contributed by atoms with E-state index in [9.17, 15) is 19.5 Å². The molecule has 0 aliphatic rings. The first-order valence-electron chi connectivity index (χ1n) is 25.0. The molecule has 0 aromatic heterocycles. The van der Waals surface area contributed by atoms with Gasteiger partial charge in [0.15, 0.2) is 12.1 Å². The molecular formula is C52H96NO7+. The van der Waals surface area contributed by atoms with Crippen molar-refractivity contribution in [1.82, 2.24) is 0 Å². The third kappa shape index (κ3) is 40.9. The largest absolute Gasteiger partial charge is 0.477 e. The van der Waals surface area contributed by atoms with E-state index in [1.165, 1.54) is 135 Å². The fourth-order valence-corrected chi connectivity index (χ4v) is 7.39. The fourth-order valence-electron chi connectivity index (χ4n) is 7.39. The number of esters is 2. The molecule has 350 valence electrons. The predicted octanol–water partition coefficient (Wildman–Crippen LogP) is 14.2. The number of likely N-dealkylation sites (N-methyl/N-ethyl adjacent to an activating group) is 1. The highest BCUT2D eigenvalue weighted by Crippen LogP contribution is 2.16. The zero-order chi connectivity index (χ0) is 44.2. The topological polar surface area (TPSA) is 99.1 Å². The predicted molar refractivity (Wildman–Crippen MR) is 252 cm³/mol. The Hall–Kier alpha value is -2.45. The van der Waals surface area contributed by atoms with Crippen molar-refractivity contribution in [1.29, 1.82) is 0 Å². The number of hydrogen-bond acceptors (Lipinski definition) is 6. The summed E-state index contributed by atoms with van der Waals surface area (Å²) in [6.07, 6.45) is 50.4. The Labute approximate surface area is 370 Å². The van der Waals surface area contributed by atoms with Crippen molar-refractivity contribution in [3.63, 3.8) is 0 Å². The molecule has 8 nitrogen and oxygen atoms in total. The van der Waals surface area contributed by atoms with Crippen molar-refractivity contribution in [3.8, 4) is 0 Å². The Morgan fingerprint density at radius 3 is 1.33 bits per heavy atom. The minimum Gasteiger partial charge on any atom is -0.477 e. The molecule has 0 heterocycles. The standard InChI is InChI=1S/C52H95NO7/c1-6-8-10-12-14-16-18-20-22-23-24-25-26-27-28-29-31-33-35-37-39-41-43-51(55)60-48(46-58-45-44-49(52(56)57)53(3,4)5)47-59-50(54)42-40-38-36-34-32-30-21-19-17-15-13-11-9-7-2/h14,16,20,22,24-25,48-49H,6-13,15,17-19,21,23,26-47H2,1-5H3/p+1/b16-14+,22-20+,25-24+. The van der Waals surface area contributed by atoms with Gasteiger partial charge in [-0.05, 0) is 51.4 Å². The van der Waals surface area contributed by atoms with E-state index in [0.717, 1.165) is 57.8 Å². The number of rotatable bonds is 45. The zero-order valence-corrected chi connectivity index (χ0v) is 39.9. The van der Waals surface area contributed by atoms with Gasteiger partial charge >= 0.3 is 17.9 Å². The number of carbonyl (C=O) groups excluding carboxylic acids is 2. The van der Waals surface area contributed by atoms with Crippen LogP contribution in [-0.2, 0) is 28.6 Å². The highest BCUT2D eigenvalue weighted by molar-refractivity contribution is 5.72. The number of unbranched alkanes of at least 4 members (excludes halogenated alkanes) is 25. The van der Waals surface area contributed by atoms with Crippen molar-refractivity contribution in [2.75, 3.05) is 41.0 Å². The summed E-state index contributed by atoms with van der Waals surface area (Å²) >= 11 is 0. The number of hydrogen-bond donors (Lipinski definition) is 1. The maximum atomic E-state index is 12.8. The van der Waals surface area contributed by atoms with Crippen LogP contribution in [0.3, 0.4) is 0 Å². The second kappa shape index (κ2) is 43.2. The van der Waals surface area contributed by atoms with E-state index >= 15 is 0 Å². The van der Waals surface area contributed by atoms with Gasteiger partial charge < -0.3 is 23.8 Å². The molecule has 0 aromatic rings. The molecule has 2 unspecified atom stereocenters. The van der Waals surface area contributed by atoms with E-state index in [2.05, 4.69) is 50.3 Å². The number of aliphatic carboxylic acids is 1. The Kier molecular flexibility index (Phi) is 41.4. The Morgan fingerprint density at radius 1 is 0.500 bits per heavy atom. The van der Waals surface area contributed by atoms with E-state index in [1.54, 1.807) is 0 Å². The van der Waals surface area contributed by atoms with Gasteiger partial charge in [-0.2, -0.15) is 0 Å². The lowest BCUT2D eigenvalue weighted by Gasteiger charge is -2.31. The maximum Gasteiger partial charge on any atom is 0.362 e. The minimum absolute atomic E-state index is 0.0497. The van der Waals surface area contributed by atoms with E-state index in [0.29, 0.717) is 19.3 Å². The van der Waals surface area contributed by atoms with Gasteiger partial charge in [0, 0.05) is 19.3 Å². The molecule has 2 atom stereocenters. The number of nitrogens with zero attached hydrogens (tertiary/aromatic N) is 1. The summed E-state index contributed by atoms with van der Waals surface area (Å²) < 4.78 is 17.3. The van der Waals surface area contributed by atoms with Gasteiger partial charge in [-0.1, -0.05) is 192 Å². The average molecular weight is 847 g/mol. The van der Waals surface area contributed by atoms with Gasteiger partial charge in [0.05, 0.1) is 34.4 Å². The van der Waals surface area contributed by atoms with E-state index in [-0.39, 0.29) is 36.2 Å². The summed E-state index contributed by atoms with van der Waals surface area (Å²) in [4.78, 5) is 37.1. The zero-order valence-electron chi connectivity index (χ0n) is 39.9. The Balaban J connectivity index is 4.24. The average Bonchev–Trinajstić information content (AvgIpc) is 3.21. The van der Waals surface area contributed by atoms with Crippen molar-refractivity contribution < 1.29 is 38.2 Å². The molecule has 0 bridgehead atoms. The molecule has 0 aliphatic heterocycles. The number of allylic oxidation sites excluding steroid dienone is 6. The van der Waals surface area contributed by atoms with Gasteiger partial charge in [-0.25, -0.2) is 4.79 Å². The normalized spacial score (nSPS) is 13.2. The molecule has 0 aromatic carbocycles. The summed E-state index contributed by atoms with van der Waals surface area (Å²) in [6.45, 7) is 4.73. The van der Waals surface area contributed by atoms with Crippen LogP contribution in [0.2, 0.25) is 0 Å². The van der Waals surface area contributed by atoms with Crippen molar-refractivity contribution in [3.05, 3.63) is 36.5 Å². The summed E-state index contributed by atoms with van der Waals surface area (Å²) in [5.41, 5.74) is 0. The van der Waals surface area contributed by atoms with Crippen LogP contribution in [0.25, 0.3) is 0 Å². The Morgan fingerprint density at radius 2 is 0.883 bits per heavy atom. The third-order valence-corrected chi connectivity index (χ3v) is 11.3. The van der Waals surface area contributed by atoms with E-state index in [4.69, 9.17) is 14.2 Å². The van der Waals surface area contributed by atoms with E-state index in [1.807, 2.05) is 21.1 Å². The van der Waals surface area contributed by atoms with Crippen LogP contribution in [-0.4, -0.2) is 80.6 Å². The third-order valence-electron chi connectivity index (χ3n) is 11.3. The Bertz CT molecular complexity index is 1080. The number of carboxylic acid groups (broad SMARTS) is 1. The lowest BCUT2D eigenvalue weighted by Crippen LogP contribution is -2.50. The quantitative estimate of drug-likeness (QED) is 0.0282. The second-order valence-electron chi connectivity index (χ2n) is 18.1. The molecule has 0 amide bonds. The lowest BCUT2D eigenvalue weighted by atomic mass is 10.0. The second-order valence-corrected chi connectivity index (χ2v) is 18.1. The molecular weight excluding hydrogens is 751 g/mol. The van der Waals surface area contributed by atoms with Gasteiger partial charge in [-0.3, -0.25) is 9.59 Å². The number of ether oxygens (including phenoxy) is 3. The first-order chi connectivity index (χ1) is 29.1. The van der Waals surface area contributed by atoms with Crippen LogP contribution in [0, 0.1) is 0 Å². The van der Waals surface area contributed by atoms with Gasteiger partial charge in [0.25, 0.3) is 0 Å². The van der Waals surface area contributed by atoms with Crippen LogP contribution in [0.5, 0.6) is 0 Å².